The van der Waals surface area contributed by atoms with Crippen LogP contribution >= 0.6 is 0 Å². The highest BCUT2D eigenvalue weighted by molar-refractivity contribution is 6.12. The normalized spacial score (nSPS) is 11.2. The first-order chi connectivity index (χ1) is 43.7. The summed E-state index contributed by atoms with van der Waals surface area (Å²) in [6, 6.07) is 130. The molecule has 0 spiro atoms. The van der Waals surface area contributed by atoms with Crippen molar-refractivity contribution in [3.63, 3.8) is 0 Å². The lowest BCUT2D eigenvalue weighted by Crippen LogP contribution is -2.10. The molecule has 4 heteroatoms. The molecule has 0 aliphatic carbocycles. The first-order valence-electron chi connectivity index (χ1n) is 30.1. The highest BCUT2D eigenvalue weighted by Crippen LogP contribution is 2.43. The second kappa shape index (κ2) is 23.7. The molecule has 16 aromatic rings. The van der Waals surface area contributed by atoms with Gasteiger partial charge in [0.2, 0.25) is 0 Å². The lowest BCUT2D eigenvalue weighted by Gasteiger charge is -2.26. The SMILES string of the molecule is c1ccc(-c2ccc(N(c3ccc(-c4ccccc4)cc3)c3ccc4c(c3)c3ccccc3n4-c3ccccc3)cc2)cc1.c1ccc(-c2ccc(N(c3ccccc3)c3ccc(-c4ccc5c(c4)c4ccccc4n5-c4ccccc4)cc3)cc2)cc1. The van der Waals surface area contributed by atoms with E-state index in [9.17, 15) is 0 Å². The Morgan fingerprint density at radius 2 is 0.409 bits per heavy atom. The molecule has 0 unspecified atom stereocenters. The van der Waals surface area contributed by atoms with E-state index in [0.29, 0.717) is 0 Å². The zero-order chi connectivity index (χ0) is 58.6. The van der Waals surface area contributed by atoms with Crippen molar-refractivity contribution in [2.45, 2.75) is 0 Å². The lowest BCUT2D eigenvalue weighted by atomic mass is 10.0. The van der Waals surface area contributed by atoms with Gasteiger partial charge in [-0.2, -0.15) is 0 Å². The molecule has 2 heterocycles. The summed E-state index contributed by atoms with van der Waals surface area (Å²) < 4.78 is 4.72. The van der Waals surface area contributed by atoms with Crippen LogP contribution in [-0.2, 0) is 0 Å². The van der Waals surface area contributed by atoms with E-state index in [1.807, 2.05) is 0 Å². The van der Waals surface area contributed by atoms with E-state index < -0.39 is 0 Å². The third-order valence-electron chi connectivity index (χ3n) is 16.8. The molecule has 0 fully saturated rings. The molecule has 0 radical (unpaired) electrons. The average molecular weight is 1130 g/mol. The molecule has 416 valence electrons. The standard InChI is InChI=1S/2C42H30N2/c1-4-12-31(13-5-1)32-20-25-37(26-21-32)43(35-14-6-2-7-15-35)38-27-22-33(23-28-38)34-24-29-42-40(30-34)39-18-10-11-19-41(39)44(42)36-16-8-3-9-17-36;1-4-12-31(13-5-1)33-20-24-36(25-21-33)43(37-26-22-34(23-27-37)32-14-6-2-7-15-32)38-28-29-42-40(30-38)39-18-10-11-19-41(39)44(42)35-16-8-3-9-17-35/h2*1-30H. The van der Waals surface area contributed by atoms with Crippen LogP contribution in [0.25, 0.3) is 99.5 Å². The van der Waals surface area contributed by atoms with Crippen molar-refractivity contribution in [2.24, 2.45) is 0 Å². The van der Waals surface area contributed by atoms with Gasteiger partial charge in [-0.1, -0.05) is 237 Å². The second-order valence-electron chi connectivity index (χ2n) is 22.1. The highest BCUT2D eigenvalue weighted by Gasteiger charge is 2.20. The highest BCUT2D eigenvalue weighted by atomic mass is 15.1. The van der Waals surface area contributed by atoms with Crippen LogP contribution in [0.2, 0.25) is 0 Å². The minimum absolute atomic E-state index is 1.11. The van der Waals surface area contributed by atoms with Crippen molar-refractivity contribution in [3.05, 3.63) is 364 Å². The van der Waals surface area contributed by atoms with Crippen LogP contribution in [0.1, 0.15) is 0 Å². The fraction of sp³-hybridized carbons (Fsp3) is 0. The van der Waals surface area contributed by atoms with Crippen molar-refractivity contribution in [1.82, 2.24) is 9.13 Å². The van der Waals surface area contributed by atoms with Crippen LogP contribution in [0.5, 0.6) is 0 Å². The Labute approximate surface area is 513 Å². The smallest absolute Gasteiger partial charge is 0.0542 e. The molecule has 0 atom stereocenters. The van der Waals surface area contributed by atoms with Crippen molar-refractivity contribution >= 4 is 77.7 Å². The minimum atomic E-state index is 1.11. The first kappa shape index (κ1) is 53.0. The number of hydrogen-bond acceptors (Lipinski definition) is 2. The molecule has 14 aromatic carbocycles. The van der Waals surface area contributed by atoms with Gasteiger partial charge in [-0.05, 0) is 172 Å². The Morgan fingerprint density at radius 1 is 0.159 bits per heavy atom. The van der Waals surface area contributed by atoms with Gasteiger partial charge in [-0.15, -0.1) is 0 Å². The predicted octanol–water partition coefficient (Wildman–Crippen LogP) is 23.2. The number of aromatic nitrogens is 2. The summed E-state index contributed by atoms with van der Waals surface area (Å²) >= 11 is 0. The maximum absolute atomic E-state index is 2.36. The van der Waals surface area contributed by atoms with Crippen LogP contribution in [0.4, 0.5) is 34.1 Å². The van der Waals surface area contributed by atoms with Gasteiger partial charge in [0.15, 0.2) is 0 Å². The molecule has 2 aromatic heterocycles. The van der Waals surface area contributed by atoms with Crippen molar-refractivity contribution in [2.75, 3.05) is 9.80 Å². The molecule has 0 aliphatic heterocycles. The first-order valence-corrected chi connectivity index (χ1v) is 30.1. The predicted molar refractivity (Wildman–Crippen MR) is 373 cm³/mol. The van der Waals surface area contributed by atoms with E-state index in [1.54, 1.807) is 0 Å². The maximum Gasteiger partial charge on any atom is 0.0542 e. The van der Waals surface area contributed by atoms with E-state index in [2.05, 4.69) is 383 Å². The summed E-state index contributed by atoms with van der Waals surface area (Å²) in [6.07, 6.45) is 0. The van der Waals surface area contributed by atoms with Gasteiger partial charge in [0, 0.05) is 67.0 Å². The van der Waals surface area contributed by atoms with Crippen LogP contribution in [0.3, 0.4) is 0 Å². The second-order valence-corrected chi connectivity index (χ2v) is 22.1. The number of fused-ring (bicyclic) bond motifs is 6. The third-order valence-corrected chi connectivity index (χ3v) is 16.8. The Morgan fingerprint density at radius 3 is 0.807 bits per heavy atom. The fourth-order valence-electron chi connectivity index (χ4n) is 12.5. The monoisotopic (exact) mass is 1120 g/mol. The number of para-hydroxylation sites is 5. The number of rotatable bonds is 12. The van der Waals surface area contributed by atoms with Gasteiger partial charge >= 0.3 is 0 Å². The minimum Gasteiger partial charge on any atom is -0.311 e. The molecule has 88 heavy (non-hydrogen) atoms. The largest absolute Gasteiger partial charge is 0.311 e. The van der Waals surface area contributed by atoms with E-state index in [1.165, 1.54) is 93.8 Å². The van der Waals surface area contributed by atoms with E-state index in [0.717, 1.165) is 39.8 Å². The molecule has 0 bridgehead atoms. The number of nitrogens with zero attached hydrogens (tertiary/aromatic N) is 4. The Bertz CT molecular complexity index is 4920. The van der Waals surface area contributed by atoms with Crippen LogP contribution in [-0.4, -0.2) is 9.13 Å². The van der Waals surface area contributed by atoms with Gasteiger partial charge in [-0.3, -0.25) is 0 Å². The topological polar surface area (TPSA) is 16.3 Å². The summed E-state index contributed by atoms with van der Waals surface area (Å²) in [5.41, 5.74) is 23.6. The maximum atomic E-state index is 2.36. The van der Waals surface area contributed by atoms with E-state index in [4.69, 9.17) is 0 Å². The summed E-state index contributed by atoms with van der Waals surface area (Å²) in [5, 5.41) is 5.00. The van der Waals surface area contributed by atoms with Gasteiger partial charge in [0.25, 0.3) is 0 Å². The van der Waals surface area contributed by atoms with Crippen LogP contribution in [0, 0.1) is 0 Å². The molecule has 0 saturated carbocycles. The lowest BCUT2D eigenvalue weighted by molar-refractivity contribution is 1.18. The summed E-state index contributed by atoms with van der Waals surface area (Å²) in [4.78, 5) is 4.67. The zero-order valence-electron chi connectivity index (χ0n) is 48.4. The molecule has 4 nitrogen and oxygen atoms in total. The van der Waals surface area contributed by atoms with Gasteiger partial charge < -0.3 is 18.9 Å². The molecule has 0 aliphatic rings. The van der Waals surface area contributed by atoms with Crippen molar-refractivity contribution in [1.29, 1.82) is 0 Å². The van der Waals surface area contributed by atoms with Gasteiger partial charge in [0.1, 0.15) is 0 Å². The van der Waals surface area contributed by atoms with Gasteiger partial charge in [0.05, 0.1) is 22.1 Å². The Hall–Kier alpha value is -11.7. The molecule has 0 saturated heterocycles. The van der Waals surface area contributed by atoms with Crippen molar-refractivity contribution in [3.8, 4) is 55.9 Å². The summed E-state index contributed by atoms with van der Waals surface area (Å²) in [6.45, 7) is 0. The fourth-order valence-corrected chi connectivity index (χ4v) is 12.5. The molecular weight excluding hydrogens is 1060 g/mol. The number of benzene rings is 14. The van der Waals surface area contributed by atoms with E-state index in [-0.39, 0.29) is 0 Å². The van der Waals surface area contributed by atoms with Crippen LogP contribution < -0.4 is 9.80 Å². The third kappa shape index (κ3) is 10.4. The number of hydrogen-bond donors (Lipinski definition) is 0. The summed E-state index contributed by atoms with van der Waals surface area (Å²) in [5.74, 6) is 0. The summed E-state index contributed by atoms with van der Waals surface area (Å²) in [7, 11) is 0. The molecule has 0 N–H and O–H groups in total. The Kier molecular flexibility index (Phi) is 14.3. The van der Waals surface area contributed by atoms with Crippen LogP contribution in [0.15, 0.2) is 364 Å². The van der Waals surface area contributed by atoms with E-state index >= 15 is 0 Å². The molecular formula is C84H60N4. The number of anilines is 6. The molecule has 16 rings (SSSR count). The Balaban J connectivity index is 0.000000148. The average Bonchev–Trinajstić information content (AvgIpc) is 4.14. The molecule has 0 amide bonds. The van der Waals surface area contributed by atoms with Crippen molar-refractivity contribution < 1.29 is 0 Å². The zero-order valence-corrected chi connectivity index (χ0v) is 48.4. The quantitative estimate of drug-likeness (QED) is 0.121. The van der Waals surface area contributed by atoms with Gasteiger partial charge in [-0.25, -0.2) is 0 Å².